The lowest BCUT2D eigenvalue weighted by molar-refractivity contribution is 0.581. The van der Waals surface area contributed by atoms with Crippen LogP contribution in [-0.2, 0) is 16.6 Å². The van der Waals surface area contributed by atoms with Crippen molar-refractivity contribution in [1.82, 2.24) is 14.5 Å². The standard InChI is InChI=1S/C9H17N3O2S/c1-5-10-15(13,14)9-7(3)11-12(6-2)8(9)4/h10H,5-6H2,1-4H3. The summed E-state index contributed by atoms with van der Waals surface area (Å²) in [6.07, 6.45) is 0. The van der Waals surface area contributed by atoms with E-state index < -0.39 is 10.0 Å². The van der Waals surface area contributed by atoms with Crippen molar-refractivity contribution in [3.05, 3.63) is 11.4 Å². The highest BCUT2D eigenvalue weighted by molar-refractivity contribution is 7.89. The molecule has 0 unspecified atom stereocenters. The van der Waals surface area contributed by atoms with Crippen molar-refractivity contribution in [2.75, 3.05) is 6.54 Å². The van der Waals surface area contributed by atoms with Gasteiger partial charge >= 0.3 is 0 Å². The first kappa shape index (κ1) is 12.2. The van der Waals surface area contributed by atoms with Gasteiger partial charge in [-0.3, -0.25) is 4.68 Å². The molecule has 86 valence electrons. The molecule has 0 atom stereocenters. The predicted octanol–water partition coefficient (Wildman–Crippen LogP) is 0.818. The zero-order chi connectivity index (χ0) is 11.6. The number of rotatable bonds is 4. The molecule has 0 aromatic carbocycles. The van der Waals surface area contributed by atoms with Crippen LogP contribution in [0, 0.1) is 13.8 Å². The van der Waals surface area contributed by atoms with Crippen molar-refractivity contribution in [1.29, 1.82) is 0 Å². The minimum Gasteiger partial charge on any atom is -0.268 e. The maximum Gasteiger partial charge on any atom is 0.244 e. The molecule has 0 spiro atoms. The Balaban J connectivity index is 3.31. The molecule has 1 aromatic heterocycles. The van der Waals surface area contributed by atoms with Gasteiger partial charge in [-0.15, -0.1) is 0 Å². The van der Waals surface area contributed by atoms with Crippen LogP contribution >= 0.6 is 0 Å². The Morgan fingerprint density at radius 1 is 1.33 bits per heavy atom. The third-order valence-corrected chi connectivity index (χ3v) is 4.01. The summed E-state index contributed by atoms with van der Waals surface area (Å²) in [6.45, 7) is 8.24. The molecule has 0 aliphatic rings. The second-order valence-electron chi connectivity index (χ2n) is 3.32. The number of sulfonamides is 1. The molecule has 0 aliphatic carbocycles. The lowest BCUT2D eigenvalue weighted by atomic mass is 10.4. The quantitative estimate of drug-likeness (QED) is 0.834. The van der Waals surface area contributed by atoms with E-state index in [2.05, 4.69) is 9.82 Å². The van der Waals surface area contributed by atoms with Crippen LogP contribution in [0.15, 0.2) is 4.90 Å². The van der Waals surface area contributed by atoms with Crippen LogP contribution in [-0.4, -0.2) is 24.7 Å². The Kier molecular flexibility index (Phi) is 3.51. The summed E-state index contributed by atoms with van der Waals surface area (Å²) in [4.78, 5) is 0.311. The molecular formula is C9H17N3O2S. The smallest absolute Gasteiger partial charge is 0.244 e. The summed E-state index contributed by atoms with van der Waals surface area (Å²) in [5.41, 5.74) is 1.24. The third-order valence-electron chi connectivity index (χ3n) is 2.22. The highest BCUT2D eigenvalue weighted by atomic mass is 32.2. The zero-order valence-corrected chi connectivity index (χ0v) is 10.3. The fourth-order valence-electron chi connectivity index (χ4n) is 1.64. The predicted molar refractivity (Wildman–Crippen MR) is 58.2 cm³/mol. The molecule has 5 nitrogen and oxygen atoms in total. The fraction of sp³-hybridized carbons (Fsp3) is 0.667. The van der Waals surface area contributed by atoms with Crippen molar-refractivity contribution in [2.24, 2.45) is 0 Å². The maximum absolute atomic E-state index is 11.8. The van der Waals surface area contributed by atoms with Crippen molar-refractivity contribution in [2.45, 2.75) is 39.1 Å². The van der Waals surface area contributed by atoms with Gasteiger partial charge in [0.05, 0.1) is 11.4 Å². The number of nitrogens with zero attached hydrogens (tertiary/aromatic N) is 2. The monoisotopic (exact) mass is 231 g/mol. The van der Waals surface area contributed by atoms with Crippen LogP contribution < -0.4 is 4.72 Å². The van der Waals surface area contributed by atoms with Crippen LogP contribution in [0.5, 0.6) is 0 Å². The number of hydrogen-bond acceptors (Lipinski definition) is 3. The van der Waals surface area contributed by atoms with E-state index in [0.29, 0.717) is 29.4 Å². The molecule has 0 amide bonds. The largest absolute Gasteiger partial charge is 0.268 e. The summed E-state index contributed by atoms with van der Waals surface area (Å²) in [5.74, 6) is 0. The number of hydrogen-bond donors (Lipinski definition) is 1. The molecule has 0 radical (unpaired) electrons. The van der Waals surface area contributed by atoms with Gasteiger partial charge in [0.1, 0.15) is 4.90 Å². The average molecular weight is 231 g/mol. The first-order chi connectivity index (χ1) is 6.94. The van der Waals surface area contributed by atoms with Crippen molar-refractivity contribution in [3.63, 3.8) is 0 Å². The van der Waals surface area contributed by atoms with E-state index in [1.54, 1.807) is 25.5 Å². The molecule has 0 bridgehead atoms. The van der Waals surface area contributed by atoms with Gasteiger partial charge < -0.3 is 0 Å². The van der Waals surface area contributed by atoms with Crippen LogP contribution in [0.4, 0.5) is 0 Å². The van der Waals surface area contributed by atoms with E-state index in [9.17, 15) is 8.42 Å². The fourth-order valence-corrected chi connectivity index (χ4v) is 3.09. The van der Waals surface area contributed by atoms with E-state index in [0.717, 1.165) is 0 Å². The van der Waals surface area contributed by atoms with Gasteiger partial charge in [0, 0.05) is 13.1 Å². The SMILES string of the molecule is CCNS(=O)(=O)c1c(C)nn(CC)c1C. The van der Waals surface area contributed by atoms with Gasteiger partial charge in [0.15, 0.2) is 0 Å². The second-order valence-corrected chi connectivity index (χ2v) is 5.02. The van der Waals surface area contributed by atoms with Gasteiger partial charge in [-0.05, 0) is 20.8 Å². The molecule has 1 aromatic rings. The summed E-state index contributed by atoms with van der Waals surface area (Å²) < 4.78 is 27.8. The lowest BCUT2D eigenvalue weighted by Gasteiger charge is -2.04. The van der Waals surface area contributed by atoms with E-state index in [-0.39, 0.29) is 0 Å². The summed E-state index contributed by atoms with van der Waals surface area (Å²) in [5, 5.41) is 4.17. The van der Waals surface area contributed by atoms with E-state index in [4.69, 9.17) is 0 Å². The average Bonchev–Trinajstić information content (AvgIpc) is 2.41. The maximum atomic E-state index is 11.8. The minimum atomic E-state index is -3.39. The molecule has 15 heavy (non-hydrogen) atoms. The lowest BCUT2D eigenvalue weighted by Crippen LogP contribution is -2.24. The Hall–Kier alpha value is -0.880. The molecule has 1 rings (SSSR count). The van der Waals surface area contributed by atoms with Crippen molar-refractivity contribution < 1.29 is 8.42 Å². The molecule has 0 fully saturated rings. The molecule has 0 aliphatic heterocycles. The van der Waals surface area contributed by atoms with E-state index in [1.165, 1.54) is 0 Å². The molecule has 0 saturated heterocycles. The second kappa shape index (κ2) is 4.32. The van der Waals surface area contributed by atoms with Crippen molar-refractivity contribution >= 4 is 10.0 Å². The van der Waals surface area contributed by atoms with Crippen LogP contribution in [0.1, 0.15) is 25.2 Å². The third kappa shape index (κ3) is 2.21. The first-order valence-electron chi connectivity index (χ1n) is 4.97. The van der Waals surface area contributed by atoms with Crippen molar-refractivity contribution in [3.8, 4) is 0 Å². The topological polar surface area (TPSA) is 64.0 Å². The molecule has 0 saturated carbocycles. The van der Waals surface area contributed by atoms with E-state index in [1.807, 2.05) is 6.92 Å². The summed E-state index contributed by atoms with van der Waals surface area (Å²) in [7, 11) is -3.39. The van der Waals surface area contributed by atoms with Gasteiger partial charge in [0.2, 0.25) is 10.0 Å². The van der Waals surface area contributed by atoms with Crippen LogP contribution in [0.3, 0.4) is 0 Å². The molecule has 1 heterocycles. The Morgan fingerprint density at radius 2 is 1.93 bits per heavy atom. The number of aryl methyl sites for hydroxylation is 2. The summed E-state index contributed by atoms with van der Waals surface area (Å²) in [6, 6.07) is 0. The van der Waals surface area contributed by atoms with Crippen LogP contribution in [0.2, 0.25) is 0 Å². The van der Waals surface area contributed by atoms with E-state index >= 15 is 0 Å². The van der Waals surface area contributed by atoms with Gasteiger partial charge in [0.25, 0.3) is 0 Å². The van der Waals surface area contributed by atoms with Gasteiger partial charge in [-0.25, -0.2) is 13.1 Å². The molecule has 1 N–H and O–H groups in total. The normalized spacial score (nSPS) is 12.0. The van der Waals surface area contributed by atoms with Crippen LogP contribution in [0.25, 0.3) is 0 Å². The number of aromatic nitrogens is 2. The zero-order valence-electron chi connectivity index (χ0n) is 9.53. The Labute approximate surface area is 90.5 Å². The molecule has 6 heteroatoms. The van der Waals surface area contributed by atoms with Gasteiger partial charge in [-0.2, -0.15) is 5.10 Å². The Bertz CT molecular complexity index is 448. The highest BCUT2D eigenvalue weighted by Gasteiger charge is 2.22. The molecular weight excluding hydrogens is 214 g/mol. The number of nitrogens with one attached hydrogen (secondary N) is 1. The summed E-state index contributed by atoms with van der Waals surface area (Å²) >= 11 is 0. The first-order valence-corrected chi connectivity index (χ1v) is 6.46. The highest BCUT2D eigenvalue weighted by Crippen LogP contribution is 2.18. The Morgan fingerprint density at radius 3 is 2.33 bits per heavy atom. The minimum absolute atomic E-state index is 0.311. The van der Waals surface area contributed by atoms with Gasteiger partial charge in [-0.1, -0.05) is 6.92 Å².